The van der Waals surface area contributed by atoms with E-state index in [1.54, 1.807) is 18.3 Å². The van der Waals surface area contributed by atoms with Crippen LogP contribution in [0.4, 0.5) is 0 Å². The van der Waals surface area contributed by atoms with Crippen LogP contribution in [0.25, 0.3) is 0 Å². The molecule has 23 heavy (non-hydrogen) atoms. The van der Waals surface area contributed by atoms with Gasteiger partial charge in [0.1, 0.15) is 11.9 Å². The fourth-order valence-corrected chi connectivity index (χ4v) is 2.50. The number of ether oxygens (including phenoxy) is 2. The number of hydrogen-bond donors (Lipinski definition) is 0. The van der Waals surface area contributed by atoms with Crippen LogP contribution in [0.2, 0.25) is 0 Å². The number of rotatable bonds is 5. The zero-order chi connectivity index (χ0) is 15.9. The van der Waals surface area contributed by atoms with Gasteiger partial charge < -0.3 is 14.4 Å². The third-order valence-electron chi connectivity index (χ3n) is 3.74. The van der Waals surface area contributed by atoms with Crippen LogP contribution in [0.1, 0.15) is 12.8 Å². The minimum absolute atomic E-state index is 0.00630. The van der Waals surface area contributed by atoms with Gasteiger partial charge in [-0.3, -0.25) is 4.79 Å². The molecule has 0 spiro atoms. The average molecular weight is 313 g/mol. The van der Waals surface area contributed by atoms with Crippen molar-refractivity contribution in [1.29, 1.82) is 0 Å². The summed E-state index contributed by atoms with van der Waals surface area (Å²) < 4.78 is 11.3. The Kier molecular flexibility index (Phi) is 5.03. The maximum absolute atomic E-state index is 12.2. The minimum Gasteiger partial charge on any atom is -0.484 e. The summed E-state index contributed by atoms with van der Waals surface area (Å²) in [5.41, 5.74) is 0. The van der Waals surface area contributed by atoms with E-state index in [0.717, 1.165) is 12.8 Å². The Labute approximate surface area is 135 Å². The third kappa shape index (κ3) is 4.42. The minimum atomic E-state index is 0.00630. The van der Waals surface area contributed by atoms with Crippen LogP contribution in [0.3, 0.4) is 0 Å². The molecule has 0 radical (unpaired) electrons. The van der Waals surface area contributed by atoms with Gasteiger partial charge >= 0.3 is 0 Å². The lowest BCUT2D eigenvalue weighted by atomic mass is 10.1. The van der Waals surface area contributed by atoms with Crippen LogP contribution < -0.4 is 9.47 Å². The Balaban J connectivity index is 1.42. The Morgan fingerprint density at radius 1 is 1.13 bits per heavy atom. The molecule has 2 heterocycles. The van der Waals surface area contributed by atoms with Crippen molar-refractivity contribution in [3.05, 3.63) is 48.7 Å². The summed E-state index contributed by atoms with van der Waals surface area (Å²) >= 11 is 0. The van der Waals surface area contributed by atoms with Crippen molar-refractivity contribution in [2.75, 3.05) is 19.7 Å². The molecule has 120 valence electrons. The fourth-order valence-electron chi connectivity index (χ4n) is 2.50. The zero-order valence-electron chi connectivity index (χ0n) is 12.8. The van der Waals surface area contributed by atoms with Crippen LogP contribution in [-0.2, 0) is 4.79 Å². The monoisotopic (exact) mass is 313 g/mol. The van der Waals surface area contributed by atoms with E-state index in [-0.39, 0.29) is 18.6 Å². The van der Waals surface area contributed by atoms with Gasteiger partial charge in [-0.15, -0.1) is 5.10 Å². The van der Waals surface area contributed by atoms with Crippen molar-refractivity contribution in [2.24, 2.45) is 0 Å². The second-order valence-electron chi connectivity index (χ2n) is 5.36. The first-order valence-electron chi connectivity index (χ1n) is 7.71. The number of hydrogen-bond acceptors (Lipinski definition) is 5. The number of likely N-dealkylation sites (tertiary alicyclic amines) is 1. The molecule has 0 atom stereocenters. The SMILES string of the molecule is O=C(COc1ccccc1)N1CCC(Oc2cccnn2)CC1. The molecule has 0 bridgehead atoms. The molecule has 1 saturated heterocycles. The topological polar surface area (TPSA) is 64.5 Å². The highest BCUT2D eigenvalue weighted by molar-refractivity contribution is 5.77. The molecular formula is C17H19N3O3. The number of piperidine rings is 1. The molecule has 1 aliphatic rings. The van der Waals surface area contributed by atoms with Crippen LogP contribution in [0.15, 0.2) is 48.7 Å². The molecule has 6 heteroatoms. The van der Waals surface area contributed by atoms with Crippen LogP contribution in [-0.4, -0.2) is 46.8 Å². The first-order chi connectivity index (χ1) is 11.3. The normalized spacial score (nSPS) is 15.2. The molecule has 1 aromatic heterocycles. The van der Waals surface area contributed by atoms with Crippen molar-refractivity contribution in [2.45, 2.75) is 18.9 Å². The van der Waals surface area contributed by atoms with Crippen molar-refractivity contribution >= 4 is 5.91 Å². The summed E-state index contributed by atoms with van der Waals surface area (Å²) in [6, 6.07) is 12.9. The highest BCUT2D eigenvalue weighted by atomic mass is 16.5. The van der Waals surface area contributed by atoms with Gasteiger partial charge in [0.2, 0.25) is 5.88 Å². The van der Waals surface area contributed by atoms with Crippen molar-refractivity contribution in [3.8, 4) is 11.6 Å². The summed E-state index contributed by atoms with van der Waals surface area (Å²) in [6.45, 7) is 1.41. The second kappa shape index (κ2) is 7.58. The van der Waals surface area contributed by atoms with E-state index in [2.05, 4.69) is 10.2 Å². The van der Waals surface area contributed by atoms with Gasteiger partial charge in [0.05, 0.1) is 0 Å². The molecule has 0 N–H and O–H groups in total. The molecule has 1 aromatic carbocycles. The van der Waals surface area contributed by atoms with E-state index in [9.17, 15) is 4.79 Å². The summed E-state index contributed by atoms with van der Waals surface area (Å²) in [6.07, 6.45) is 3.26. The Morgan fingerprint density at radius 2 is 1.91 bits per heavy atom. The highest BCUT2D eigenvalue weighted by Crippen LogP contribution is 2.17. The first-order valence-corrected chi connectivity index (χ1v) is 7.71. The van der Waals surface area contributed by atoms with Gasteiger partial charge in [-0.1, -0.05) is 18.2 Å². The number of para-hydroxylation sites is 1. The second-order valence-corrected chi connectivity index (χ2v) is 5.36. The summed E-state index contributed by atoms with van der Waals surface area (Å²) in [4.78, 5) is 14.0. The number of aromatic nitrogens is 2. The van der Waals surface area contributed by atoms with Crippen molar-refractivity contribution in [3.63, 3.8) is 0 Å². The van der Waals surface area contributed by atoms with E-state index < -0.39 is 0 Å². The predicted molar refractivity (Wildman–Crippen MR) is 84.2 cm³/mol. The molecule has 0 aliphatic carbocycles. The van der Waals surface area contributed by atoms with E-state index in [4.69, 9.17) is 9.47 Å². The van der Waals surface area contributed by atoms with Crippen LogP contribution in [0, 0.1) is 0 Å². The Hall–Kier alpha value is -2.63. The molecule has 6 nitrogen and oxygen atoms in total. The largest absolute Gasteiger partial charge is 0.484 e. The van der Waals surface area contributed by atoms with Gasteiger partial charge in [0.15, 0.2) is 6.61 Å². The van der Waals surface area contributed by atoms with Crippen LogP contribution in [0.5, 0.6) is 11.6 Å². The lowest BCUT2D eigenvalue weighted by Gasteiger charge is -2.31. The van der Waals surface area contributed by atoms with E-state index in [1.165, 1.54) is 0 Å². The molecular weight excluding hydrogens is 294 g/mol. The van der Waals surface area contributed by atoms with E-state index >= 15 is 0 Å². The van der Waals surface area contributed by atoms with Gasteiger partial charge in [-0.05, 0) is 18.2 Å². The lowest BCUT2D eigenvalue weighted by Crippen LogP contribution is -2.43. The molecule has 3 rings (SSSR count). The molecule has 0 unspecified atom stereocenters. The fraction of sp³-hybridized carbons (Fsp3) is 0.353. The number of carbonyl (C=O) groups excluding carboxylic acids is 1. The number of benzene rings is 1. The molecule has 1 amide bonds. The lowest BCUT2D eigenvalue weighted by molar-refractivity contribution is -0.135. The maximum Gasteiger partial charge on any atom is 0.260 e. The van der Waals surface area contributed by atoms with Crippen molar-refractivity contribution < 1.29 is 14.3 Å². The smallest absolute Gasteiger partial charge is 0.260 e. The van der Waals surface area contributed by atoms with Gasteiger partial charge in [-0.2, -0.15) is 5.10 Å². The predicted octanol–water partition coefficient (Wildman–Crippen LogP) is 1.93. The summed E-state index contributed by atoms with van der Waals surface area (Å²) in [5.74, 6) is 1.25. The standard InChI is InChI=1S/C17H19N3O3/c21-17(13-22-14-5-2-1-3-6-14)20-11-8-15(9-12-20)23-16-7-4-10-18-19-16/h1-7,10,15H,8-9,11-13H2. The summed E-state index contributed by atoms with van der Waals surface area (Å²) in [7, 11) is 0. The maximum atomic E-state index is 12.2. The Morgan fingerprint density at radius 3 is 2.61 bits per heavy atom. The van der Waals surface area contributed by atoms with Gasteiger partial charge in [0, 0.05) is 38.2 Å². The quantitative estimate of drug-likeness (QED) is 0.844. The highest BCUT2D eigenvalue weighted by Gasteiger charge is 2.24. The number of nitrogens with zero attached hydrogens (tertiary/aromatic N) is 3. The van der Waals surface area contributed by atoms with Crippen LogP contribution >= 0.6 is 0 Å². The van der Waals surface area contributed by atoms with Crippen molar-refractivity contribution in [1.82, 2.24) is 15.1 Å². The molecule has 0 saturated carbocycles. The van der Waals surface area contributed by atoms with E-state index in [0.29, 0.717) is 24.7 Å². The molecule has 1 aliphatic heterocycles. The molecule has 1 fully saturated rings. The molecule has 2 aromatic rings. The Bertz CT molecular complexity index is 613. The van der Waals surface area contributed by atoms with E-state index in [1.807, 2.05) is 35.2 Å². The number of carbonyl (C=O) groups is 1. The third-order valence-corrected chi connectivity index (χ3v) is 3.74. The first kappa shape index (κ1) is 15.3. The average Bonchev–Trinajstić information content (AvgIpc) is 2.62. The zero-order valence-corrected chi connectivity index (χ0v) is 12.8. The van der Waals surface area contributed by atoms with Gasteiger partial charge in [0.25, 0.3) is 5.91 Å². The number of amides is 1. The van der Waals surface area contributed by atoms with Gasteiger partial charge in [-0.25, -0.2) is 0 Å². The summed E-state index contributed by atoms with van der Waals surface area (Å²) in [5, 5.41) is 7.71.